The molecule has 0 N–H and O–H groups in total. The molecule has 0 fully saturated rings. The van der Waals surface area contributed by atoms with Gasteiger partial charge in [0.1, 0.15) is 6.29 Å². The molecule has 0 aliphatic heterocycles. The van der Waals surface area contributed by atoms with Crippen molar-refractivity contribution in [2.75, 3.05) is 0 Å². The van der Waals surface area contributed by atoms with E-state index in [0.717, 1.165) is 19.1 Å². The van der Waals surface area contributed by atoms with E-state index in [1.165, 1.54) is 64.2 Å². The summed E-state index contributed by atoms with van der Waals surface area (Å²) in [7, 11) is 0. The number of unbranched alkanes of at least 4 members (excludes halogenated alkanes) is 10. The number of hydrogen-bond donors (Lipinski definition) is 0. The summed E-state index contributed by atoms with van der Waals surface area (Å²) in [6.07, 6.45) is 20.7. The average Bonchev–Trinajstić information content (AvgIpc) is 2.35. The lowest BCUT2D eigenvalue weighted by Gasteiger charge is -2.00. The lowest BCUT2D eigenvalue weighted by molar-refractivity contribution is -0.107. The summed E-state index contributed by atoms with van der Waals surface area (Å²) < 4.78 is 0. The van der Waals surface area contributed by atoms with Crippen molar-refractivity contribution in [3.05, 3.63) is 12.2 Å². The molecule has 0 heterocycles. The van der Waals surface area contributed by atoms with E-state index in [9.17, 15) is 4.79 Å². The first kappa shape index (κ1) is 16.4. The van der Waals surface area contributed by atoms with Crippen molar-refractivity contribution in [2.45, 2.75) is 84.0 Å². The number of allylic oxidation sites excluding steroid dienone is 2. The molecule has 0 aliphatic carbocycles. The van der Waals surface area contributed by atoms with Gasteiger partial charge >= 0.3 is 0 Å². The zero-order valence-electron chi connectivity index (χ0n) is 11.6. The normalized spacial score (nSPS) is 11.1. The van der Waals surface area contributed by atoms with Crippen molar-refractivity contribution in [3.8, 4) is 0 Å². The van der Waals surface area contributed by atoms with E-state index in [4.69, 9.17) is 0 Å². The highest BCUT2D eigenvalue weighted by Gasteiger charge is 1.91. The van der Waals surface area contributed by atoms with E-state index in [-0.39, 0.29) is 0 Å². The van der Waals surface area contributed by atoms with Crippen LogP contribution in [0.5, 0.6) is 0 Å². The maximum Gasteiger partial charge on any atom is 0.119 e. The fraction of sp³-hybridized carbons (Fsp3) is 0.812. The Balaban J connectivity index is 2.96. The fourth-order valence-electron chi connectivity index (χ4n) is 1.95. The summed E-state index contributed by atoms with van der Waals surface area (Å²) >= 11 is 0. The van der Waals surface area contributed by atoms with E-state index >= 15 is 0 Å². The van der Waals surface area contributed by atoms with Crippen molar-refractivity contribution >= 4 is 6.29 Å². The summed E-state index contributed by atoms with van der Waals surface area (Å²) in [5.41, 5.74) is 0. The third-order valence-electron chi connectivity index (χ3n) is 3.06. The minimum Gasteiger partial charge on any atom is -0.303 e. The number of carbonyl (C=O) groups is 1. The van der Waals surface area contributed by atoms with Gasteiger partial charge in [-0.1, -0.05) is 64.0 Å². The Morgan fingerprint density at radius 2 is 1.12 bits per heavy atom. The SMILES string of the molecule is CCCC=CCCCCCCCCCCC=O. The van der Waals surface area contributed by atoms with Crippen LogP contribution in [-0.2, 0) is 4.79 Å². The summed E-state index contributed by atoms with van der Waals surface area (Å²) in [5.74, 6) is 0. The summed E-state index contributed by atoms with van der Waals surface area (Å²) in [5, 5.41) is 0. The van der Waals surface area contributed by atoms with Crippen molar-refractivity contribution < 1.29 is 4.79 Å². The smallest absolute Gasteiger partial charge is 0.119 e. The molecule has 0 bridgehead atoms. The molecule has 0 aliphatic rings. The van der Waals surface area contributed by atoms with Gasteiger partial charge < -0.3 is 4.79 Å². The van der Waals surface area contributed by atoms with Crippen molar-refractivity contribution in [1.82, 2.24) is 0 Å². The Kier molecular flexibility index (Phi) is 14.9. The molecule has 0 saturated carbocycles. The molecule has 0 unspecified atom stereocenters. The molecule has 0 radical (unpaired) electrons. The summed E-state index contributed by atoms with van der Waals surface area (Å²) in [6.45, 7) is 2.22. The lowest BCUT2D eigenvalue weighted by atomic mass is 10.1. The second-order valence-corrected chi connectivity index (χ2v) is 4.83. The van der Waals surface area contributed by atoms with Gasteiger partial charge in [0.15, 0.2) is 0 Å². The van der Waals surface area contributed by atoms with Gasteiger partial charge in [-0.25, -0.2) is 0 Å². The van der Waals surface area contributed by atoms with Gasteiger partial charge in [0.2, 0.25) is 0 Å². The molecule has 0 amide bonds. The van der Waals surface area contributed by atoms with Crippen molar-refractivity contribution in [1.29, 1.82) is 0 Å². The van der Waals surface area contributed by atoms with Gasteiger partial charge in [-0.2, -0.15) is 0 Å². The predicted molar refractivity (Wildman–Crippen MR) is 76.3 cm³/mol. The van der Waals surface area contributed by atoms with Crippen LogP contribution in [0.15, 0.2) is 12.2 Å². The maximum absolute atomic E-state index is 10.1. The van der Waals surface area contributed by atoms with E-state index in [1.807, 2.05) is 0 Å². The summed E-state index contributed by atoms with van der Waals surface area (Å²) in [6, 6.07) is 0. The Hall–Kier alpha value is -0.590. The summed E-state index contributed by atoms with van der Waals surface area (Å²) in [4.78, 5) is 10.1. The quantitative estimate of drug-likeness (QED) is 0.237. The third-order valence-corrected chi connectivity index (χ3v) is 3.06. The van der Waals surface area contributed by atoms with Gasteiger partial charge in [0.05, 0.1) is 0 Å². The molecule has 1 nitrogen and oxygen atoms in total. The predicted octanol–water partition coefficient (Wildman–Crippen LogP) is 5.44. The molecule has 17 heavy (non-hydrogen) atoms. The monoisotopic (exact) mass is 238 g/mol. The lowest BCUT2D eigenvalue weighted by Crippen LogP contribution is -1.82. The minimum atomic E-state index is 0.754. The second kappa shape index (κ2) is 15.4. The highest BCUT2D eigenvalue weighted by molar-refractivity contribution is 5.48. The first-order valence-electron chi connectivity index (χ1n) is 7.50. The zero-order valence-corrected chi connectivity index (χ0v) is 11.6. The standard InChI is InChI=1S/C16H30O/c1-2-3-4-5-6-7-8-9-10-11-12-13-14-15-16-17/h4-5,16H,2-3,6-15H2,1H3. The second-order valence-electron chi connectivity index (χ2n) is 4.83. The molecule has 0 aromatic rings. The Labute approximate surface area is 108 Å². The van der Waals surface area contributed by atoms with Crippen LogP contribution in [-0.4, -0.2) is 6.29 Å². The van der Waals surface area contributed by atoms with Crippen LogP contribution in [0.1, 0.15) is 84.0 Å². The maximum atomic E-state index is 10.1. The highest BCUT2D eigenvalue weighted by Crippen LogP contribution is 2.10. The minimum absolute atomic E-state index is 0.754. The van der Waals surface area contributed by atoms with Crippen LogP contribution in [0.25, 0.3) is 0 Å². The van der Waals surface area contributed by atoms with E-state index in [0.29, 0.717) is 0 Å². The van der Waals surface area contributed by atoms with Crippen LogP contribution < -0.4 is 0 Å². The third kappa shape index (κ3) is 15.4. The molecule has 0 aromatic heterocycles. The number of rotatable bonds is 13. The number of hydrogen-bond acceptors (Lipinski definition) is 1. The Morgan fingerprint density at radius 3 is 1.65 bits per heavy atom. The number of carbonyl (C=O) groups excluding carboxylic acids is 1. The Bertz CT molecular complexity index is 172. The molecule has 0 spiro atoms. The van der Waals surface area contributed by atoms with Gasteiger partial charge in [-0.15, -0.1) is 0 Å². The van der Waals surface area contributed by atoms with Crippen LogP contribution in [0.4, 0.5) is 0 Å². The molecule has 0 aromatic carbocycles. The van der Waals surface area contributed by atoms with Crippen LogP contribution in [0, 0.1) is 0 Å². The fourth-order valence-corrected chi connectivity index (χ4v) is 1.95. The highest BCUT2D eigenvalue weighted by atomic mass is 16.1. The Morgan fingerprint density at radius 1 is 0.647 bits per heavy atom. The van der Waals surface area contributed by atoms with Gasteiger partial charge in [-0.05, 0) is 25.7 Å². The van der Waals surface area contributed by atoms with Crippen LogP contribution >= 0.6 is 0 Å². The number of aldehydes is 1. The first-order valence-corrected chi connectivity index (χ1v) is 7.50. The van der Waals surface area contributed by atoms with E-state index in [2.05, 4.69) is 19.1 Å². The molecular weight excluding hydrogens is 208 g/mol. The topological polar surface area (TPSA) is 17.1 Å². The molecule has 0 saturated heterocycles. The van der Waals surface area contributed by atoms with Gasteiger partial charge in [0.25, 0.3) is 0 Å². The first-order chi connectivity index (χ1) is 8.41. The average molecular weight is 238 g/mol. The molecule has 0 atom stereocenters. The molecule has 100 valence electrons. The van der Waals surface area contributed by atoms with E-state index in [1.54, 1.807) is 0 Å². The molecule has 1 heteroatoms. The van der Waals surface area contributed by atoms with Crippen molar-refractivity contribution in [2.24, 2.45) is 0 Å². The molecular formula is C16H30O. The van der Waals surface area contributed by atoms with Crippen LogP contribution in [0.3, 0.4) is 0 Å². The van der Waals surface area contributed by atoms with E-state index < -0.39 is 0 Å². The molecule has 0 rings (SSSR count). The van der Waals surface area contributed by atoms with Gasteiger partial charge in [-0.3, -0.25) is 0 Å². The van der Waals surface area contributed by atoms with Gasteiger partial charge in [0, 0.05) is 6.42 Å². The van der Waals surface area contributed by atoms with Crippen molar-refractivity contribution in [3.63, 3.8) is 0 Å². The largest absolute Gasteiger partial charge is 0.303 e. The van der Waals surface area contributed by atoms with Crippen LogP contribution in [0.2, 0.25) is 0 Å². The zero-order chi connectivity index (χ0) is 12.6.